The molecule has 5 heteroatoms. The van der Waals surface area contributed by atoms with Crippen molar-refractivity contribution < 1.29 is 14.6 Å². The molecule has 0 aliphatic carbocycles. The molecule has 24 heavy (non-hydrogen) atoms. The third kappa shape index (κ3) is 3.41. The van der Waals surface area contributed by atoms with E-state index in [1.54, 1.807) is 4.90 Å². The zero-order valence-corrected chi connectivity index (χ0v) is 14.6. The summed E-state index contributed by atoms with van der Waals surface area (Å²) in [6.07, 6.45) is 2.60. The zero-order valence-electron chi connectivity index (χ0n) is 14.6. The summed E-state index contributed by atoms with van der Waals surface area (Å²) in [5.41, 5.74) is 0.672. The molecule has 0 radical (unpaired) electrons. The van der Waals surface area contributed by atoms with Crippen LogP contribution in [0, 0.1) is 5.92 Å². The van der Waals surface area contributed by atoms with Crippen LogP contribution in [0.4, 0.5) is 4.79 Å². The minimum absolute atomic E-state index is 0.00192. The highest BCUT2D eigenvalue weighted by molar-refractivity contribution is 5.80. The molecule has 1 N–H and O–H groups in total. The molecule has 1 fully saturated rings. The van der Waals surface area contributed by atoms with Crippen LogP contribution in [-0.4, -0.2) is 46.0 Å². The van der Waals surface area contributed by atoms with Crippen molar-refractivity contribution in [1.29, 1.82) is 0 Å². The predicted molar refractivity (Wildman–Crippen MR) is 94.0 cm³/mol. The van der Waals surface area contributed by atoms with E-state index < -0.39 is 5.60 Å². The van der Waals surface area contributed by atoms with Gasteiger partial charge in [0.05, 0.1) is 0 Å². The number of aromatic nitrogens is 1. The molecule has 0 saturated carbocycles. The second-order valence-corrected chi connectivity index (χ2v) is 7.51. The van der Waals surface area contributed by atoms with Crippen molar-refractivity contribution in [1.82, 2.24) is 9.47 Å². The van der Waals surface area contributed by atoms with E-state index in [9.17, 15) is 9.90 Å². The lowest BCUT2D eigenvalue weighted by molar-refractivity contribution is 0.00582. The van der Waals surface area contributed by atoms with Gasteiger partial charge in [0.25, 0.3) is 0 Å². The number of carbonyl (C=O) groups is 1. The Morgan fingerprint density at radius 3 is 2.75 bits per heavy atom. The van der Waals surface area contributed by atoms with E-state index in [1.807, 2.05) is 32.9 Å². The van der Waals surface area contributed by atoms with Crippen LogP contribution in [0.2, 0.25) is 0 Å². The number of benzene rings is 1. The SMILES string of the molecule is CC(C)(C)OC(=O)N1CCC(n2ccc3ccccc32)C(CO)C1. The molecular formula is C19H26N2O3. The van der Waals surface area contributed by atoms with E-state index in [0.29, 0.717) is 13.1 Å². The normalized spacial score (nSPS) is 21.9. The van der Waals surface area contributed by atoms with Crippen molar-refractivity contribution in [2.45, 2.75) is 38.8 Å². The van der Waals surface area contributed by atoms with Gasteiger partial charge >= 0.3 is 6.09 Å². The summed E-state index contributed by atoms with van der Waals surface area (Å²) in [5.74, 6) is 0.00192. The summed E-state index contributed by atoms with van der Waals surface area (Å²) in [6, 6.07) is 10.5. The van der Waals surface area contributed by atoms with Crippen LogP contribution in [0.1, 0.15) is 33.2 Å². The minimum atomic E-state index is -0.501. The lowest BCUT2D eigenvalue weighted by atomic mass is 9.92. The Labute approximate surface area is 142 Å². The number of aliphatic hydroxyl groups is 1. The maximum atomic E-state index is 12.3. The van der Waals surface area contributed by atoms with Crippen molar-refractivity contribution >= 4 is 17.0 Å². The summed E-state index contributed by atoms with van der Waals surface area (Å²) in [6.45, 7) is 6.81. The predicted octanol–water partition coefficient (Wildman–Crippen LogP) is 3.43. The Balaban J connectivity index is 1.77. The quantitative estimate of drug-likeness (QED) is 0.918. The molecule has 1 aliphatic rings. The van der Waals surface area contributed by atoms with E-state index in [-0.39, 0.29) is 24.7 Å². The van der Waals surface area contributed by atoms with E-state index in [2.05, 4.69) is 29.0 Å². The first kappa shape index (κ1) is 16.8. The first-order valence-corrected chi connectivity index (χ1v) is 8.53. The molecule has 2 atom stereocenters. The molecular weight excluding hydrogens is 304 g/mol. The molecule has 2 unspecified atom stereocenters. The topological polar surface area (TPSA) is 54.7 Å². The largest absolute Gasteiger partial charge is 0.444 e. The van der Waals surface area contributed by atoms with Crippen LogP contribution in [0.3, 0.4) is 0 Å². The second kappa shape index (κ2) is 6.48. The number of amides is 1. The Morgan fingerprint density at radius 1 is 1.29 bits per heavy atom. The fourth-order valence-electron chi connectivity index (χ4n) is 3.45. The van der Waals surface area contributed by atoms with Crippen LogP contribution >= 0.6 is 0 Å². The van der Waals surface area contributed by atoms with Gasteiger partial charge in [-0.15, -0.1) is 0 Å². The van der Waals surface area contributed by atoms with Crippen LogP contribution in [0.25, 0.3) is 10.9 Å². The molecule has 1 aromatic heterocycles. The molecule has 0 bridgehead atoms. The van der Waals surface area contributed by atoms with E-state index in [0.717, 1.165) is 6.42 Å². The highest BCUT2D eigenvalue weighted by Crippen LogP contribution is 2.32. The number of piperidine rings is 1. The van der Waals surface area contributed by atoms with Gasteiger partial charge in [-0.2, -0.15) is 0 Å². The van der Waals surface area contributed by atoms with Gasteiger partial charge in [-0.1, -0.05) is 18.2 Å². The Bertz CT molecular complexity index is 717. The summed E-state index contributed by atoms with van der Waals surface area (Å²) in [4.78, 5) is 14.0. The second-order valence-electron chi connectivity index (χ2n) is 7.51. The summed E-state index contributed by atoms with van der Waals surface area (Å²) in [7, 11) is 0. The average molecular weight is 330 g/mol. The van der Waals surface area contributed by atoms with Crippen LogP contribution in [0.15, 0.2) is 36.5 Å². The van der Waals surface area contributed by atoms with Gasteiger partial charge < -0.3 is 19.3 Å². The van der Waals surface area contributed by atoms with Gasteiger partial charge in [0.15, 0.2) is 0 Å². The van der Waals surface area contributed by atoms with Crippen molar-refractivity contribution in [3.8, 4) is 0 Å². The Hall–Kier alpha value is -2.01. The Morgan fingerprint density at radius 2 is 2.04 bits per heavy atom. The number of hydrogen-bond acceptors (Lipinski definition) is 3. The third-order valence-corrected chi connectivity index (χ3v) is 4.57. The number of likely N-dealkylation sites (tertiary alicyclic amines) is 1. The number of carbonyl (C=O) groups excluding carboxylic acids is 1. The first-order valence-electron chi connectivity index (χ1n) is 8.53. The molecule has 1 aliphatic heterocycles. The first-order chi connectivity index (χ1) is 11.4. The van der Waals surface area contributed by atoms with Crippen molar-refractivity contribution in [2.75, 3.05) is 19.7 Å². The molecule has 0 spiro atoms. The van der Waals surface area contributed by atoms with Gasteiger partial charge in [-0.25, -0.2) is 4.79 Å². The molecule has 5 nitrogen and oxygen atoms in total. The molecule has 130 valence electrons. The average Bonchev–Trinajstić information content (AvgIpc) is 2.96. The molecule has 1 amide bonds. The van der Waals surface area contributed by atoms with Crippen molar-refractivity contribution in [2.24, 2.45) is 5.92 Å². The highest BCUT2D eigenvalue weighted by Gasteiger charge is 2.34. The van der Waals surface area contributed by atoms with Crippen LogP contribution in [-0.2, 0) is 4.74 Å². The summed E-state index contributed by atoms with van der Waals surface area (Å²) < 4.78 is 7.70. The van der Waals surface area contributed by atoms with Gasteiger partial charge in [-0.3, -0.25) is 0 Å². The third-order valence-electron chi connectivity index (χ3n) is 4.57. The van der Waals surface area contributed by atoms with Crippen molar-refractivity contribution in [3.05, 3.63) is 36.5 Å². The van der Waals surface area contributed by atoms with E-state index in [1.165, 1.54) is 10.9 Å². The molecule has 2 heterocycles. The fourth-order valence-corrected chi connectivity index (χ4v) is 3.45. The van der Waals surface area contributed by atoms with Gasteiger partial charge in [-0.05, 0) is 44.7 Å². The van der Waals surface area contributed by atoms with Gasteiger partial charge in [0.2, 0.25) is 0 Å². The number of rotatable bonds is 2. The van der Waals surface area contributed by atoms with Crippen molar-refractivity contribution in [3.63, 3.8) is 0 Å². The monoisotopic (exact) mass is 330 g/mol. The minimum Gasteiger partial charge on any atom is -0.444 e. The molecule has 1 saturated heterocycles. The number of ether oxygens (including phenoxy) is 1. The lowest BCUT2D eigenvalue weighted by Gasteiger charge is -2.39. The summed E-state index contributed by atoms with van der Waals surface area (Å²) in [5, 5.41) is 11.1. The fraction of sp³-hybridized carbons (Fsp3) is 0.526. The molecule has 1 aromatic carbocycles. The highest BCUT2D eigenvalue weighted by atomic mass is 16.6. The Kier molecular flexibility index (Phi) is 4.54. The van der Waals surface area contributed by atoms with Crippen LogP contribution in [0.5, 0.6) is 0 Å². The molecule has 3 rings (SSSR count). The number of aliphatic hydroxyl groups excluding tert-OH is 1. The standard InChI is InChI=1S/C19H26N2O3/c1-19(2,3)24-18(23)20-10-9-17(15(12-20)13-22)21-11-8-14-6-4-5-7-16(14)21/h4-8,11,15,17,22H,9-10,12-13H2,1-3H3. The maximum Gasteiger partial charge on any atom is 0.410 e. The maximum absolute atomic E-state index is 12.3. The van der Waals surface area contributed by atoms with E-state index in [4.69, 9.17) is 4.74 Å². The lowest BCUT2D eigenvalue weighted by Crippen LogP contribution is -2.47. The summed E-state index contributed by atoms with van der Waals surface area (Å²) >= 11 is 0. The van der Waals surface area contributed by atoms with E-state index >= 15 is 0 Å². The van der Waals surface area contributed by atoms with Gasteiger partial charge in [0, 0.05) is 43.4 Å². The number of para-hydroxylation sites is 1. The van der Waals surface area contributed by atoms with Gasteiger partial charge in [0.1, 0.15) is 5.60 Å². The number of hydrogen-bond donors (Lipinski definition) is 1. The van der Waals surface area contributed by atoms with Crippen LogP contribution < -0.4 is 0 Å². The molecule has 2 aromatic rings. The number of nitrogens with zero attached hydrogens (tertiary/aromatic N) is 2. The smallest absolute Gasteiger partial charge is 0.410 e. The zero-order chi connectivity index (χ0) is 17.3. The number of fused-ring (bicyclic) bond motifs is 1.